The van der Waals surface area contributed by atoms with Crippen LogP contribution in [0.15, 0.2) is 53.7 Å². The summed E-state index contributed by atoms with van der Waals surface area (Å²) in [6.45, 7) is 4.15. The number of benzene rings is 1. The van der Waals surface area contributed by atoms with Gasteiger partial charge in [0.25, 0.3) is 0 Å². The fourth-order valence-electron chi connectivity index (χ4n) is 2.27. The molecule has 5 nitrogen and oxygen atoms in total. The van der Waals surface area contributed by atoms with Crippen LogP contribution in [0.3, 0.4) is 0 Å². The molecule has 0 radical (unpaired) electrons. The second-order valence-corrected chi connectivity index (χ2v) is 8.21. The van der Waals surface area contributed by atoms with E-state index < -0.39 is 10.0 Å². The van der Waals surface area contributed by atoms with Crippen molar-refractivity contribution in [3.05, 3.63) is 64.9 Å². The molecular formula is C17H17N3O2S2. The van der Waals surface area contributed by atoms with Gasteiger partial charge >= 0.3 is 0 Å². The summed E-state index contributed by atoms with van der Waals surface area (Å²) in [4.78, 5) is 9.50. The maximum Gasteiger partial charge on any atom is 0.242 e. The lowest BCUT2D eigenvalue weighted by molar-refractivity contribution is 0.581. The van der Waals surface area contributed by atoms with Crippen molar-refractivity contribution in [1.82, 2.24) is 14.7 Å². The Labute approximate surface area is 145 Å². The maximum absolute atomic E-state index is 12.3. The SMILES string of the molecule is Cc1ccccc1-c1nc(C)c(CNS(=O)(=O)c2cccnc2)s1. The first kappa shape index (κ1) is 16.8. The average Bonchev–Trinajstić information content (AvgIpc) is 2.95. The predicted molar refractivity (Wildman–Crippen MR) is 95.3 cm³/mol. The van der Waals surface area contributed by atoms with Crippen molar-refractivity contribution >= 4 is 21.4 Å². The van der Waals surface area contributed by atoms with E-state index in [1.807, 2.05) is 38.1 Å². The van der Waals surface area contributed by atoms with Gasteiger partial charge in [0.2, 0.25) is 10.0 Å². The van der Waals surface area contributed by atoms with Crippen LogP contribution in [0.5, 0.6) is 0 Å². The Hall–Kier alpha value is -2.09. The van der Waals surface area contributed by atoms with Crippen molar-refractivity contribution in [3.8, 4) is 10.6 Å². The van der Waals surface area contributed by atoms with Crippen molar-refractivity contribution < 1.29 is 8.42 Å². The Morgan fingerprint density at radius 3 is 2.62 bits per heavy atom. The number of hydrogen-bond donors (Lipinski definition) is 1. The molecule has 0 fully saturated rings. The van der Waals surface area contributed by atoms with Crippen LogP contribution in [0.4, 0.5) is 0 Å². The van der Waals surface area contributed by atoms with E-state index in [1.54, 1.807) is 12.3 Å². The van der Waals surface area contributed by atoms with Gasteiger partial charge in [-0.2, -0.15) is 0 Å². The van der Waals surface area contributed by atoms with E-state index in [0.29, 0.717) is 0 Å². The van der Waals surface area contributed by atoms with Crippen LogP contribution in [0.2, 0.25) is 0 Å². The second-order valence-electron chi connectivity index (χ2n) is 5.36. The molecule has 0 saturated heterocycles. The van der Waals surface area contributed by atoms with Crippen LogP contribution < -0.4 is 4.72 Å². The number of nitrogens with one attached hydrogen (secondary N) is 1. The van der Waals surface area contributed by atoms with Crippen LogP contribution in [-0.4, -0.2) is 18.4 Å². The van der Waals surface area contributed by atoms with Gasteiger partial charge in [-0.05, 0) is 31.5 Å². The minimum absolute atomic E-state index is 0.159. The summed E-state index contributed by atoms with van der Waals surface area (Å²) in [5.74, 6) is 0. The standard InChI is InChI=1S/C17H17N3O2S2/c1-12-6-3-4-8-15(12)17-20-13(2)16(23-17)11-19-24(21,22)14-7-5-9-18-10-14/h3-10,19H,11H2,1-2H3. The third-order valence-electron chi connectivity index (χ3n) is 3.64. The number of nitrogens with zero attached hydrogens (tertiary/aromatic N) is 2. The molecule has 0 aliphatic carbocycles. The van der Waals surface area contributed by atoms with Crippen molar-refractivity contribution in [2.24, 2.45) is 0 Å². The lowest BCUT2D eigenvalue weighted by Crippen LogP contribution is -2.23. The maximum atomic E-state index is 12.3. The van der Waals surface area contributed by atoms with Crippen LogP contribution >= 0.6 is 11.3 Å². The molecule has 3 rings (SSSR count). The zero-order chi connectivity index (χ0) is 17.2. The molecule has 1 aromatic carbocycles. The summed E-state index contributed by atoms with van der Waals surface area (Å²) in [6, 6.07) is 11.1. The summed E-state index contributed by atoms with van der Waals surface area (Å²) >= 11 is 1.51. The number of rotatable bonds is 5. The van der Waals surface area contributed by atoms with E-state index in [2.05, 4.69) is 14.7 Å². The number of sulfonamides is 1. The third kappa shape index (κ3) is 3.53. The smallest absolute Gasteiger partial charge is 0.242 e. The summed E-state index contributed by atoms with van der Waals surface area (Å²) in [5, 5.41) is 0.904. The van der Waals surface area contributed by atoms with E-state index in [1.165, 1.54) is 23.6 Å². The molecule has 0 unspecified atom stereocenters. The molecule has 2 aromatic heterocycles. The van der Waals surface area contributed by atoms with E-state index in [9.17, 15) is 8.42 Å². The Balaban J connectivity index is 1.81. The minimum Gasteiger partial charge on any atom is -0.263 e. The first-order chi connectivity index (χ1) is 11.5. The lowest BCUT2D eigenvalue weighted by Gasteiger charge is -2.05. The molecule has 7 heteroatoms. The highest BCUT2D eigenvalue weighted by atomic mass is 32.2. The van der Waals surface area contributed by atoms with Crippen LogP contribution in [-0.2, 0) is 16.6 Å². The minimum atomic E-state index is -3.57. The quantitative estimate of drug-likeness (QED) is 0.759. The van der Waals surface area contributed by atoms with Gasteiger partial charge in [0, 0.05) is 29.4 Å². The third-order valence-corrected chi connectivity index (χ3v) is 6.21. The zero-order valence-corrected chi connectivity index (χ0v) is 15.0. The van der Waals surface area contributed by atoms with Gasteiger partial charge in [0.05, 0.1) is 5.69 Å². The summed E-state index contributed by atoms with van der Waals surface area (Å²) < 4.78 is 27.2. The molecule has 3 aromatic rings. The van der Waals surface area contributed by atoms with Crippen molar-refractivity contribution in [1.29, 1.82) is 0 Å². The normalized spacial score (nSPS) is 11.6. The van der Waals surface area contributed by atoms with Crippen LogP contribution in [0, 0.1) is 13.8 Å². The van der Waals surface area contributed by atoms with Gasteiger partial charge in [0.1, 0.15) is 9.90 Å². The number of hydrogen-bond acceptors (Lipinski definition) is 5. The molecule has 24 heavy (non-hydrogen) atoms. The van der Waals surface area contributed by atoms with Gasteiger partial charge in [0.15, 0.2) is 0 Å². The largest absolute Gasteiger partial charge is 0.263 e. The Bertz CT molecular complexity index is 951. The molecule has 0 aliphatic heterocycles. The van der Waals surface area contributed by atoms with Gasteiger partial charge in [-0.25, -0.2) is 18.1 Å². The molecule has 124 valence electrons. The molecule has 0 aliphatic rings. The van der Waals surface area contributed by atoms with Crippen LogP contribution in [0.1, 0.15) is 16.1 Å². The number of aryl methyl sites for hydroxylation is 2. The van der Waals surface area contributed by atoms with E-state index >= 15 is 0 Å². The number of thiazole rings is 1. The summed E-state index contributed by atoms with van der Waals surface area (Å²) in [7, 11) is -3.57. The molecular weight excluding hydrogens is 342 g/mol. The van der Waals surface area contributed by atoms with Gasteiger partial charge < -0.3 is 0 Å². The number of pyridine rings is 1. The van der Waals surface area contributed by atoms with E-state index in [0.717, 1.165) is 26.7 Å². The highest BCUT2D eigenvalue weighted by Crippen LogP contribution is 2.30. The van der Waals surface area contributed by atoms with Gasteiger partial charge in [-0.15, -0.1) is 11.3 Å². The second kappa shape index (κ2) is 6.80. The van der Waals surface area contributed by atoms with Gasteiger partial charge in [-0.3, -0.25) is 4.98 Å². The molecule has 0 bridgehead atoms. The molecule has 1 N–H and O–H groups in total. The fraction of sp³-hybridized carbons (Fsp3) is 0.176. The molecule has 0 amide bonds. The van der Waals surface area contributed by atoms with E-state index in [-0.39, 0.29) is 11.4 Å². The van der Waals surface area contributed by atoms with Crippen molar-refractivity contribution in [2.45, 2.75) is 25.3 Å². The highest BCUT2D eigenvalue weighted by molar-refractivity contribution is 7.89. The summed E-state index contributed by atoms with van der Waals surface area (Å²) in [5.41, 5.74) is 3.06. The monoisotopic (exact) mass is 359 g/mol. The fourth-order valence-corrected chi connectivity index (χ4v) is 4.41. The zero-order valence-electron chi connectivity index (χ0n) is 13.4. The van der Waals surface area contributed by atoms with E-state index in [4.69, 9.17) is 0 Å². The Morgan fingerprint density at radius 1 is 1.12 bits per heavy atom. The first-order valence-electron chi connectivity index (χ1n) is 7.39. The molecule has 0 spiro atoms. The lowest BCUT2D eigenvalue weighted by atomic mass is 10.1. The average molecular weight is 359 g/mol. The van der Waals surface area contributed by atoms with Crippen molar-refractivity contribution in [2.75, 3.05) is 0 Å². The van der Waals surface area contributed by atoms with Crippen molar-refractivity contribution in [3.63, 3.8) is 0 Å². The molecule has 0 atom stereocenters. The molecule has 2 heterocycles. The predicted octanol–water partition coefficient (Wildman–Crippen LogP) is 3.30. The molecule has 0 saturated carbocycles. The Morgan fingerprint density at radius 2 is 1.92 bits per heavy atom. The summed E-state index contributed by atoms with van der Waals surface area (Å²) in [6.07, 6.45) is 2.88. The Kier molecular flexibility index (Phi) is 4.75. The highest BCUT2D eigenvalue weighted by Gasteiger charge is 2.16. The number of aromatic nitrogens is 2. The van der Waals surface area contributed by atoms with Gasteiger partial charge in [-0.1, -0.05) is 24.3 Å². The first-order valence-corrected chi connectivity index (χ1v) is 9.69. The van der Waals surface area contributed by atoms with Crippen LogP contribution in [0.25, 0.3) is 10.6 Å². The topological polar surface area (TPSA) is 72.0 Å².